The number of nitrogens with two attached hydrogens (primary N) is 1. The van der Waals surface area contributed by atoms with E-state index in [1.165, 1.54) is 0 Å². The summed E-state index contributed by atoms with van der Waals surface area (Å²) in [5.74, 6) is 0.737. The molecule has 1 aromatic rings. The maximum absolute atomic E-state index is 9.98. The summed E-state index contributed by atoms with van der Waals surface area (Å²) in [6, 6.07) is 4.65. The molecule has 0 unspecified atom stereocenters. The molecule has 2 atom stereocenters. The Morgan fingerprint density at radius 1 is 1.29 bits per heavy atom. The lowest BCUT2D eigenvalue weighted by Gasteiger charge is -2.20. The van der Waals surface area contributed by atoms with Gasteiger partial charge in [-0.15, -0.1) is 0 Å². The van der Waals surface area contributed by atoms with Crippen LogP contribution in [-0.2, 0) is 0 Å². The van der Waals surface area contributed by atoms with Crippen LogP contribution in [-0.4, -0.2) is 16.3 Å². The second kappa shape index (κ2) is 6.38. The van der Waals surface area contributed by atoms with Crippen molar-refractivity contribution < 1.29 is 10.2 Å². The molecule has 0 radical (unpaired) electrons. The number of phenolic OH excluding ortho intramolecular Hbond substituents is 1. The number of benzene rings is 1. The van der Waals surface area contributed by atoms with Crippen molar-refractivity contribution >= 4 is 15.9 Å². The third-order valence-electron chi connectivity index (χ3n) is 2.81. The first-order valence-electron chi connectivity index (χ1n) is 5.84. The minimum absolute atomic E-state index is 0.178. The summed E-state index contributed by atoms with van der Waals surface area (Å²) in [5, 5.41) is 19.4. The molecule has 1 rings (SSSR count). The lowest BCUT2D eigenvalue weighted by Crippen LogP contribution is -2.26. The predicted molar refractivity (Wildman–Crippen MR) is 72.8 cm³/mol. The first-order valence-corrected chi connectivity index (χ1v) is 6.63. The third-order valence-corrected chi connectivity index (χ3v) is 3.45. The smallest absolute Gasteiger partial charge is 0.129 e. The number of aromatic hydroxyl groups is 1. The Bertz CT molecular complexity index is 368. The van der Waals surface area contributed by atoms with Crippen LogP contribution in [0.2, 0.25) is 0 Å². The highest BCUT2D eigenvalue weighted by Gasteiger charge is 2.17. The maximum atomic E-state index is 9.98. The Balaban J connectivity index is 2.67. The number of rotatable bonds is 5. The van der Waals surface area contributed by atoms with Crippen LogP contribution in [0.15, 0.2) is 22.7 Å². The van der Waals surface area contributed by atoms with Crippen LogP contribution in [0.25, 0.3) is 0 Å². The number of hydrogen-bond acceptors (Lipinski definition) is 3. The fourth-order valence-electron chi connectivity index (χ4n) is 1.64. The summed E-state index contributed by atoms with van der Waals surface area (Å²) >= 11 is 3.24. The first kappa shape index (κ1) is 14.5. The van der Waals surface area contributed by atoms with Crippen molar-refractivity contribution in [3.63, 3.8) is 0 Å². The standard InChI is InChI=1S/C13H20BrNO2/c1-8(2)3-5-12(17)13(15)9-4-6-11(16)10(14)7-9/h4,6-8,12-13,16-17H,3,5,15H2,1-2H3/t12-,13+/m1/s1. The minimum Gasteiger partial charge on any atom is -0.507 e. The molecule has 3 nitrogen and oxygen atoms in total. The van der Waals surface area contributed by atoms with Gasteiger partial charge in [-0.1, -0.05) is 19.9 Å². The van der Waals surface area contributed by atoms with Gasteiger partial charge in [-0.3, -0.25) is 0 Å². The molecule has 0 aliphatic heterocycles. The second-order valence-corrected chi connectivity index (χ2v) is 5.63. The molecule has 0 heterocycles. The zero-order valence-corrected chi connectivity index (χ0v) is 11.8. The Morgan fingerprint density at radius 3 is 2.47 bits per heavy atom. The molecule has 0 fully saturated rings. The lowest BCUT2D eigenvalue weighted by molar-refractivity contribution is 0.128. The van der Waals surface area contributed by atoms with Gasteiger partial charge in [0, 0.05) is 0 Å². The summed E-state index contributed by atoms with van der Waals surface area (Å²) in [4.78, 5) is 0. The molecule has 0 spiro atoms. The fraction of sp³-hybridized carbons (Fsp3) is 0.538. The van der Waals surface area contributed by atoms with E-state index in [0.717, 1.165) is 12.0 Å². The molecule has 0 saturated carbocycles. The SMILES string of the molecule is CC(C)CC[C@@H](O)[C@@H](N)c1ccc(O)c(Br)c1. The average Bonchev–Trinajstić information content (AvgIpc) is 2.28. The Morgan fingerprint density at radius 2 is 1.94 bits per heavy atom. The highest BCUT2D eigenvalue weighted by molar-refractivity contribution is 9.10. The van der Waals surface area contributed by atoms with Gasteiger partial charge in [-0.25, -0.2) is 0 Å². The molecule has 0 aliphatic carbocycles. The fourth-order valence-corrected chi connectivity index (χ4v) is 2.03. The van der Waals surface area contributed by atoms with Gasteiger partial charge >= 0.3 is 0 Å². The van der Waals surface area contributed by atoms with Crippen molar-refractivity contribution in [3.8, 4) is 5.75 Å². The number of aliphatic hydroxyl groups excluding tert-OH is 1. The monoisotopic (exact) mass is 301 g/mol. The highest BCUT2D eigenvalue weighted by atomic mass is 79.9. The van der Waals surface area contributed by atoms with Gasteiger partial charge in [0.25, 0.3) is 0 Å². The molecular formula is C13H20BrNO2. The molecule has 96 valence electrons. The van der Waals surface area contributed by atoms with Crippen LogP contribution < -0.4 is 5.73 Å². The molecule has 0 aromatic heterocycles. The number of aliphatic hydroxyl groups is 1. The summed E-state index contributed by atoms with van der Waals surface area (Å²) < 4.78 is 0.599. The van der Waals surface area contributed by atoms with E-state index in [2.05, 4.69) is 29.8 Å². The van der Waals surface area contributed by atoms with Gasteiger partial charge in [0.05, 0.1) is 16.6 Å². The summed E-state index contributed by atoms with van der Waals surface area (Å²) in [6.45, 7) is 4.24. The summed E-state index contributed by atoms with van der Waals surface area (Å²) in [7, 11) is 0. The van der Waals surface area contributed by atoms with Gasteiger partial charge < -0.3 is 15.9 Å². The van der Waals surface area contributed by atoms with Crippen LogP contribution in [0.4, 0.5) is 0 Å². The van der Waals surface area contributed by atoms with Crippen molar-refractivity contribution in [3.05, 3.63) is 28.2 Å². The van der Waals surface area contributed by atoms with E-state index in [-0.39, 0.29) is 5.75 Å². The van der Waals surface area contributed by atoms with E-state index in [9.17, 15) is 10.2 Å². The maximum Gasteiger partial charge on any atom is 0.129 e. The van der Waals surface area contributed by atoms with Gasteiger partial charge in [0.1, 0.15) is 5.75 Å². The van der Waals surface area contributed by atoms with Crippen molar-refractivity contribution in [1.82, 2.24) is 0 Å². The Labute approximate surface area is 111 Å². The molecule has 0 aliphatic rings. The molecule has 0 amide bonds. The van der Waals surface area contributed by atoms with Gasteiger partial charge in [-0.2, -0.15) is 0 Å². The van der Waals surface area contributed by atoms with E-state index >= 15 is 0 Å². The molecule has 0 bridgehead atoms. The molecule has 1 aromatic carbocycles. The topological polar surface area (TPSA) is 66.5 Å². The molecule has 0 saturated heterocycles. The van der Waals surface area contributed by atoms with Gasteiger partial charge in [-0.05, 0) is 52.4 Å². The second-order valence-electron chi connectivity index (χ2n) is 4.78. The summed E-state index contributed by atoms with van der Waals surface area (Å²) in [5.41, 5.74) is 6.82. The Hall–Kier alpha value is -0.580. The largest absolute Gasteiger partial charge is 0.507 e. The van der Waals surface area contributed by atoms with E-state index in [0.29, 0.717) is 16.8 Å². The van der Waals surface area contributed by atoms with Gasteiger partial charge in [0.2, 0.25) is 0 Å². The van der Waals surface area contributed by atoms with Crippen LogP contribution >= 0.6 is 15.9 Å². The van der Waals surface area contributed by atoms with Crippen LogP contribution in [0.5, 0.6) is 5.75 Å². The van der Waals surface area contributed by atoms with Crippen molar-refractivity contribution in [2.45, 2.75) is 38.8 Å². The molecular weight excluding hydrogens is 282 g/mol. The van der Waals surface area contributed by atoms with Crippen LogP contribution in [0, 0.1) is 5.92 Å². The van der Waals surface area contributed by atoms with E-state index in [1.807, 2.05) is 0 Å². The van der Waals surface area contributed by atoms with Crippen molar-refractivity contribution in [2.24, 2.45) is 11.7 Å². The van der Waals surface area contributed by atoms with Crippen molar-refractivity contribution in [1.29, 1.82) is 0 Å². The lowest BCUT2D eigenvalue weighted by atomic mass is 9.96. The minimum atomic E-state index is -0.547. The van der Waals surface area contributed by atoms with E-state index in [4.69, 9.17) is 5.73 Å². The normalized spacial score (nSPS) is 14.9. The van der Waals surface area contributed by atoms with E-state index < -0.39 is 12.1 Å². The Kier molecular flexibility index (Phi) is 5.43. The third kappa shape index (κ3) is 4.30. The van der Waals surface area contributed by atoms with Crippen molar-refractivity contribution in [2.75, 3.05) is 0 Å². The number of phenols is 1. The number of halogens is 1. The predicted octanol–water partition coefficient (Wildman–Crippen LogP) is 2.95. The van der Waals surface area contributed by atoms with Crippen LogP contribution in [0.1, 0.15) is 38.3 Å². The summed E-state index contributed by atoms with van der Waals surface area (Å²) in [6.07, 6.45) is 1.10. The van der Waals surface area contributed by atoms with Gasteiger partial charge in [0.15, 0.2) is 0 Å². The zero-order valence-electron chi connectivity index (χ0n) is 10.2. The van der Waals surface area contributed by atoms with Crippen LogP contribution in [0.3, 0.4) is 0 Å². The quantitative estimate of drug-likeness (QED) is 0.783. The zero-order chi connectivity index (χ0) is 13.0. The van der Waals surface area contributed by atoms with E-state index in [1.54, 1.807) is 18.2 Å². The molecule has 4 heteroatoms. The number of hydrogen-bond donors (Lipinski definition) is 3. The average molecular weight is 302 g/mol. The molecule has 17 heavy (non-hydrogen) atoms. The first-order chi connectivity index (χ1) is 7.91. The highest BCUT2D eigenvalue weighted by Crippen LogP contribution is 2.28. The molecule has 4 N–H and O–H groups in total.